The lowest BCUT2D eigenvalue weighted by Gasteiger charge is -2.36. The molecule has 1 aromatic heterocycles. The van der Waals surface area contributed by atoms with Crippen LogP contribution in [0.1, 0.15) is 11.4 Å². The summed E-state index contributed by atoms with van der Waals surface area (Å²) in [6.07, 6.45) is -4.58. The summed E-state index contributed by atoms with van der Waals surface area (Å²) in [5.74, 6) is -1.50. The van der Waals surface area contributed by atoms with Crippen LogP contribution in [0.2, 0.25) is 0 Å². The van der Waals surface area contributed by atoms with Gasteiger partial charge in [0.05, 0.1) is 5.75 Å². The number of aromatic nitrogens is 3. The number of benzene rings is 2. The molecule has 1 N–H and O–H groups in total. The Balaban J connectivity index is 1.24. The lowest BCUT2D eigenvalue weighted by Crippen LogP contribution is -2.45. The second-order valence-corrected chi connectivity index (χ2v) is 8.94. The first-order chi connectivity index (χ1) is 16.3. The molecular weight excluding hydrogens is 465 g/mol. The number of rotatable bonds is 7. The molecule has 0 saturated carbocycles. The fraction of sp³-hybridized carbons (Fsp3) is 0.348. The van der Waals surface area contributed by atoms with Crippen LogP contribution >= 0.6 is 11.8 Å². The number of carbonyl (C=O) groups excluding carboxylic acids is 1. The number of nitrogens with one attached hydrogen (secondary N) is 1. The number of piperazine rings is 1. The van der Waals surface area contributed by atoms with E-state index in [1.165, 1.54) is 12.6 Å². The zero-order chi connectivity index (χ0) is 24.1. The van der Waals surface area contributed by atoms with Crippen LogP contribution < -0.4 is 10.2 Å². The maximum absolute atomic E-state index is 12.8. The van der Waals surface area contributed by atoms with Gasteiger partial charge in [0.15, 0.2) is 5.16 Å². The van der Waals surface area contributed by atoms with Crippen molar-refractivity contribution in [2.24, 2.45) is 7.05 Å². The SMILES string of the molecule is Cn1c(SCC(=O)Nc2ccc(N3CCN(Cc4ccccc4)CC3)cc2)nnc1C(F)(F)F. The Kier molecular flexibility index (Phi) is 7.42. The molecule has 0 spiro atoms. The van der Waals surface area contributed by atoms with E-state index in [2.05, 4.69) is 49.6 Å². The van der Waals surface area contributed by atoms with E-state index in [1.54, 1.807) is 0 Å². The lowest BCUT2D eigenvalue weighted by atomic mass is 10.2. The molecule has 0 aliphatic carbocycles. The van der Waals surface area contributed by atoms with Crippen LogP contribution in [0.15, 0.2) is 59.8 Å². The molecule has 4 rings (SSSR count). The highest BCUT2D eigenvalue weighted by atomic mass is 32.2. The molecule has 3 aromatic rings. The summed E-state index contributed by atoms with van der Waals surface area (Å²) >= 11 is 0.902. The molecule has 1 aliphatic heterocycles. The third kappa shape index (κ3) is 6.09. The molecular formula is C23H25F3N6OS. The number of carbonyl (C=O) groups is 1. The predicted octanol–water partition coefficient (Wildman–Crippen LogP) is 3.89. The maximum atomic E-state index is 12.8. The summed E-state index contributed by atoms with van der Waals surface area (Å²) in [6, 6.07) is 18.0. The molecule has 1 saturated heterocycles. The molecule has 7 nitrogen and oxygen atoms in total. The van der Waals surface area contributed by atoms with Gasteiger partial charge in [-0.25, -0.2) is 0 Å². The quantitative estimate of drug-likeness (QED) is 0.507. The van der Waals surface area contributed by atoms with Crippen LogP contribution in [0.25, 0.3) is 0 Å². The van der Waals surface area contributed by atoms with Gasteiger partial charge < -0.3 is 14.8 Å². The average Bonchev–Trinajstić information content (AvgIpc) is 3.20. The molecule has 1 amide bonds. The second-order valence-electron chi connectivity index (χ2n) is 8.00. The van der Waals surface area contributed by atoms with E-state index in [-0.39, 0.29) is 16.8 Å². The zero-order valence-electron chi connectivity index (χ0n) is 18.6. The van der Waals surface area contributed by atoms with Gasteiger partial charge in [0.25, 0.3) is 0 Å². The van der Waals surface area contributed by atoms with Crippen LogP contribution in [0, 0.1) is 0 Å². The molecule has 2 aromatic carbocycles. The fourth-order valence-corrected chi connectivity index (χ4v) is 4.49. The minimum Gasteiger partial charge on any atom is -0.369 e. The summed E-state index contributed by atoms with van der Waals surface area (Å²) in [5.41, 5.74) is 3.03. The van der Waals surface area contributed by atoms with Crippen molar-refractivity contribution in [1.29, 1.82) is 0 Å². The Bertz CT molecular complexity index is 1100. The van der Waals surface area contributed by atoms with Gasteiger partial charge in [-0.15, -0.1) is 10.2 Å². The number of anilines is 2. The van der Waals surface area contributed by atoms with Crippen LogP contribution in [0.5, 0.6) is 0 Å². The van der Waals surface area contributed by atoms with Crippen molar-refractivity contribution in [3.05, 3.63) is 66.0 Å². The predicted molar refractivity (Wildman–Crippen MR) is 126 cm³/mol. The summed E-state index contributed by atoms with van der Waals surface area (Å²) in [5, 5.41) is 9.48. The lowest BCUT2D eigenvalue weighted by molar-refractivity contribution is -0.147. The van der Waals surface area contributed by atoms with Gasteiger partial charge in [-0.2, -0.15) is 13.2 Å². The van der Waals surface area contributed by atoms with Crippen molar-refractivity contribution in [3.63, 3.8) is 0 Å². The molecule has 34 heavy (non-hydrogen) atoms. The van der Waals surface area contributed by atoms with Crippen LogP contribution in [0.3, 0.4) is 0 Å². The number of hydrogen-bond donors (Lipinski definition) is 1. The summed E-state index contributed by atoms with van der Waals surface area (Å²) < 4.78 is 39.3. The fourth-order valence-electron chi connectivity index (χ4n) is 3.78. The normalized spacial score (nSPS) is 14.9. The Morgan fingerprint density at radius 3 is 2.29 bits per heavy atom. The molecule has 11 heteroatoms. The first kappa shape index (κ1) is 24.1. The van der Waals surface area contributed by atoms with Crippen molar-refractivity contribution in [1.82, 2.24) is 19.7 Å². The Morgan fingerprint density at radius 1 is 1.00 bits per heavy atom. The monoisotopic (exact) mass is 490 g/mol. The van der Waals surface area contributed by atoms with Gasteiger partial charge in [-0.05, 0) is 29.8 Å². The van der Waals surface area contributed by atoms with E-state index in [1.807, 2.05) is 30.3 Å². The topological polar surface area (TPSA) is 66.3 Å². The van der Waals surface area contributed by atoms with E-state index in [0.29, 0.717) is 5.69 Å². The number of alkyl halides is 3. The van der Waals surface area contributed by atoms with Crippen LogP contribution in [-0.2, 0) is 24.6 Å². The van der Waals surface area contributed by atoms with E-state index < -0.39 is 12.0 Å². The van der Waals surface area contributed by atoms with Gasteiger partial charge in [0, 0.05) is 51.1 Å². The highest BCUT2D eigenvalue weighted by Crippen LogP contribution is 2.29. The van der Waals surface area contributed by atoms with E-state index in [9.17, 15) is 18.0 Å². The first-order valence-corrected chi connectivity index (χ1v) is 11.8. The van der Waals surface area contributed by atoms with Gasteiger partial charge in [0.2, 0.25) is 11.7 Å². The molecule has 0 unspecified atom stereocenters. The summed E-state index contributed by atoms with van der Waals surface area (Å²) in [6.45, 7) is 4.74. The van der Waals surface area contributed by atoms with Gasteiger partial charge in [0.1, 0.15) is 0 Å². The molecule has 2 heterocycles. The summed E-state index contributed by atoms with van der Waals surface area (Å²) in [4.78, 5) is 17.0. The Morgan fingerprint density at radius 2 is 1.68 bits per heavy atom. The van der Waals surface area contributed by atoms with E-state index >= 15 is 0 Å². The molecule has 0 bridgehead atoms. The molecule has 1 fully saturated rings. The van der Waals surface area contributed by atoms with Gasteiger partial charge >= 0.3 is 6.18 Å². The average molecular weight is 491 g/mol. The highest BCUT2D eigenvalue weighted by molar-refractivity contribution is 7.99. The number of nitrogens with zero attached hydrogens (tertiary/aromatic N) is 5. The molecule has 1 aliphatic rings. The van der Waals surface area contributed by atoms with Crippen molar-refractivity contribution in [2.45, 2.75) is 17.9 Å². The first-order valence-electron chi connectivity index (χ1n) is 10.8. The van der Waals surface area contributed by atoms with Gasteiger partial charge in [-0.1, -0.05) is 42.1 Å². The third-order valence-electron chi connectivity index (χ3n) is 5.56. The largest absolute Gasteiger partial charge is 0.451 e. The van der Waals surface area contributed by atoms with Gasteiger partial charge in [-0.3, -0.25) is 9.69 Å². The zero-order valence-corrected chi connectivity index (χ0v) is 19.4. The Hall–Kier alpha value is -3.05. The number of halogens is 3. The Labute approximate surface area is 200 Å². The molecule has 180 valence electrons. The highest BCUT2D eigenvalue weighted by Gasteiger charge is 2.37. The standard InChI is InChI=1S/C23H25F3N6OS/c1-30-21(23(24,25)26)28-29-22(30)34-16-20(33)27-18-7-9-19(10-8-18)32-13-11-31(12-14-32)15-17-5-3-2-4-6-17/h2-10H,11-16H2,1H3,(H,27,33). The molecule has 0 atom stereocenters. The second kappa shape index (κ2) is 10.5. The molecule has 0 radical (unpaired) electrons. The number of amides is 1. The third-order valence-corrected chi connectivity index (χ3v) is 6.58. The van der Waals surface area contributed by atoms with E-state index in [0.717, 1.165) is 54.7 Å². The van der Waals surface area contributed by atoms with E-state index in [4.69, 9.17) is 0 Å². The smallest absolute Gasteiger partial charge is 0.369 e. The number of thioether (sulfide) groups is 1. The van der Waals surface area contributed by atoms with Crippen molar-refractivity contribution in [2.75, 3.05) is 42.1 Å². The minimum atomic E-state index is -4.58. The van der Waals surface area contributed by atoms with Crippen molar-refractivity contribution in [3.8, 4) is 0 Å². The summed E-state index contributed by atoms with van der Waals surface area (Å²) in [7, 11) is 1.23. The van der Waals surface area contributed by atoms with Crippen LogP contribution in [-0.4, -0.2) is 57.5 Å². The number of hydrogen-bond acceptors (Lipinski definition) is 6. The van der Waals surface area contributed by atoms with Crippen molar-refractivity contribution >= 4 is 29.0 Å². The van der Waals surface area contributed by atoms with Crippen LogP contribution in [0.4, 0.5) is 24.5 Å². The maximum Gasteiger partial charge on any atom is 0.451 e. The van der Waals surface area contributed by atoms with Crippen molar-refractivity contribution < 1.29 is 18.0 Å². The minimum absolute atomic E-state index is 0.0317.